The number of fused-ring (bicyclic) bond motifs is 8. The van der Waals surface area contributed by atoms with E-state index >= 15 is 0 Å². The second-order valence-electron chi connectivity index (χ2n) is 17.7. The molecule has 0 aliphatic heterocycles. The Labute approximate surface area is 395 Å². The molecule has 0 radical (unpaired) electrons. The molecule has 2 heteroatoms. The van der Waals surface area contributed by atoms with Gasteiger partial charge in [0.1, 0.15) is 0 Å². The average molecular weight is 865 g/mol. The van der Waals surface area contributed by atoms with Crippen molar-refractivity contribution in [2.24, 2.45) is 0 Å². The average Bonchev–Trinajstić information content (AvgIpc) is 3.76. The molecule has 0 N–H and O–H groups in total. The zero-order valence-corrected chi connectivity index (χ0v) is 37.3. The molecule has 0 bridgehead atoms. The van der Waals surface area contributed by atoms with E-state index in [1.54, 1.807) is 0 Å². The molecular formula is C66H44N2. The van der Waals surface area contributed by atoms with Crippen molar-refractivity contribution in [3.8, 4) is 50.2 Å². The van der Waals surface area contributed by atoms with E-state index in [1.165, 1.54) is 93.1 Å². The molecule has 13 rings (SSSR count). The largest absolute Gasteiger partial charge is 0.310 e. The summed E-state index contributed by atoms with van der Waals surface area (Å²) < 4.78 is 2.44. The third kappa shape index (κ3) is 6.90. The molecule has 0 saturated heterocycles. The summed E-state index contributed by atoms with van der Waals surface area (Å²) in [5.41, 5.74) is 16.2. The van der Waals surface area contributed by atoms with Gasteiger partial charge in [0.2, 0.25) is 0 Å². The van der Waals surface area contributed by atoms with Crippen molar-refractivity contribution in [1.82, 2.24) is 4.57 Å². The van der Waals surface area contributed by atoms with Crippen LogP contribution in [0.3, 0.4) is 0 Å². The molecule has 0 aliphatic rings. The first-order valence-electron chi connectivity index (χ1n) is 23.4. The second-order valence-corrected chi connectivity index (χ2v) is 17.7. The molecule has 68 heavy (non-hydrogen) atoms. The number of aromatic nitrogens is 1. The molecule has 0 fully saturated rings. The van der Waals surface area contributed by atoms with Gasteiger partial charge in [-0.3, -0.25) is 0 Å². The van der Waals surface area contributed by atoms with Gasteiger partial charge in [0.15, 0.2) is 0 Å². The minimum Gasteiger partial charge on any atom is -0.310 e. The summed E-state index contributed by atoms with van der Waals surface area (Å²) in [5, 5.41) is 10.0. The van der Waals surface area contributed by atoms with Crippen LogP contribution in [0.2, 0.25) is 0 Å². The predicted molar refractivity (Wildman–Crippen MR) is 290 cm³/mol. The molecule has 1 aromatic heterocycles. The number of para-hydroxylation sites is 1. The van der Waals surface area contributed by atoms with Crippen LogP contribution >= 0.6 is 0 Å². The molecule has 13 aromatic rings. The van der Waals surface area contributed by atoms with Gasteiger partial charge in [-0.1, -0.05) is 200 Å². The fourth-order valence-corrected chi connectivity index (χ4v) is 10.4. The Bertz CT molecular complexity index is 3930. The van der Waals surface area contributed by atoms with Crippen LogP contribution in [-0.4, -0.2) is 4.57 Å². The molecule has 0 spiro atoms. The number of rotatable bonds is 8. The highest BCUT2D eigenvalue weighted by atomic mass is 15.1. The van der Waals surface area contributed by atoms with Gasteiger partial charge in [0, 0.05) is 38.9 Å². The summed E-state index contributed by atoms with van der Waals surface area (Å²) in [6, 6.07) is 97.6. The summed E-state index contributed by atoms with van der Waals surface area (Å²) in [7, 11) is 0. The van der Waals surface area contributed by atoms with E-state index in [4.69, 9.17) is 0 Å². The summed E-state index contributed by atoms with van der Waals surface area (Å²) in [5.74, 6) is 0. The molecule has 0 saturated carbocycles. The topological polar surface area (TPSA) is 8.17 Å². The van der Waals surface area contributed by atoms with Crippen molar-refractivity contribution in [2.45, 2.75) is 0 Å². The van der Waals surface area contributed by atoms with Gasteiger partial charge in [0.05, 0.1) is 11.0 Å². The molecule has 0 atom stereocenters. The van der Waals surface area contributed by atoms with Crippen molar-refractivity contribution in [3.63, 3.8) is 0 Å². The van der Waals surface area contributed by atoms with Crippen LogP contribution in [0.5, 0.6) is 0 Å². The Hall–Kier alpha value is -8.98. The van der Waals surface area contributed by atoms with Gasteiger partial charge in [-0.2, -0.15) is 0 Å². The number of nitrogens with zero attached hydrogens (tertiary/aromatic N) is 2. The SMILES string of the molecule is c1ccc(-c2cc(-c3ccccc3)cc(N(c3ccc(-c4ccc5ccc6ccccc6c5c4)cc3)c3ccc(-c4ccc5c6ccc7ccccc7c6n(-c6ccccc6)c5c4)cc3)c2)cc1. The molecule has 0 unspecified atom stereocenters. The maximum Gasteiger partial charge on any atom is 0.0619 e. The lowest BCUT2D eigenvalue weighted by atomic mass is 9.96. The van der Waals surface area contributed by atoms with Crippen LogP contribution in [0.4, 0.5) is 17.1 Å². The fourth-order valence-electron chi connectivity index (χ4n) is 10.4. The lowest BCUT2D eigenvalue weighted by Gasteiger charge is -2.27. The zero-order chi connectivity index (χ0) is 45.0. The van der Waals surface area contributed by atoms with Gasteiger partial charge in [-0.25, -0.2) is 0 Å². The van der Waals surface area contributed by atoms with Crippen LogP contribution in [0.25, 0.3) is 104 Å². The van der Waals surface area contributed by atoms with Crippen molar-refractivity contribution in [1.29, 1.82) is 0 Å². The highest BCUT2D eigenvalue weighted by Gasteiger charge is 2.19. The minimum atomic E-state index is 1.08. The van der Waals surface area contributed by atoms with E-state index in [1.807, 2.05) is 0 Å². The van der Waals surface area contributed by atoms with E-state index in [-0.39, 0.29) is 0 Å². The fraction of sp³-hybridized carbons (Fsp3) is 0. The third-order valence-corrected chi connectivity index (χ3v) is 13.7. The number of hydrogen-bond acceptors (Lipinski definition) is 1. The highest BCUT2D eigenvalue weighted by Crippen LogP contribution is 2.43. The molecule has 318 valence electrons. The maximum atomic E-state index is 2.44. The van der Waals surface area contributed by atoms with Gasteiger partial charge >= 0.3 is 0 Å². The predicted octanol–water partition coefficient (Wildman–Crippen LogP) is 18.4. The first kappa shape index (κ1) is 39.4. The van der Waals surface area contributed by atoms with Crippen molar-refractivity contribution in [2.75, 3.05) is 4.90 Å². The standard InChI is InChI=1S/C66H44N2/c1-4-14-45(15-5-1)54-40-55(46-16-6-2-7-17-46)42-59(41-54)67(57-34-28-47(29-35-57)52-27-26-51-25-24-49-18-10-12-22-60(49)64(51)43-52)58-36-30-48(31-37-58)53-33-38-62-63-39-32-50-19-11-13-23-61(50)66(63)68(65(62)44-53)56-20-8-3-9-21-56/h1-44H. The molecular weight excluding hydrogens is 821 g/mol. The summed E-state index contributed by atoms with van der Waals surface area (Å²) in [6.07, 6.45) is 0. The molecule has 2 nitrogen and oxygen atoms in total. The summed E-state index contributed by atoms with van der Waals surface area (Å²) >= 11 is 0. The Morgan fingerprint density at radius 3 is 1.31 bits per heavy atom. The zero-order valence-electron chi connectivity index (χ0n) is 37.3. The van der Waals surface area contributed by atoms with E-state index in [0.717, 1.165) is 28.3 Å². The Kier molecular flexibility index (Phi) is 9.54. The molecule has 0 aliphatic carbocycles. The van der Waals surface area contributed by atoms with Crippen LogP contribution < -0.4 is 4.90 Å². The second kappa shape index (κ2) is 16.5. The Balaban J connectivity index is 0.949. The van der Waals surface area contributed by atoms with Gasteiger partial charge < -0.3 is 9.47 Å². The van der Waals surface area contributed by atoms with Crippen LogP contribution in [-0.2, 0) is 0 Å². The first-order valence-corrected chi connectivity index (χ1v) is 23.4. The van der Waals surface area contributed by atoms with Crippen LogP contribution in [0, 0.1) is 0 Å². The Morgan fingerprint density at radius 2 is 0.676 bits per heavy atom. The number of anilines is 3. The monoisotopic (exact) mass is 864 g/mol. The minimum absolute atomic E-state index is 1.08. The summed E-state index contributed by atoms with van der Waals surface area (Å²) in [6.45, 7) is 0. The maximum absolute atomic E-state index is 2.44. The highest BCUT2D eigenvalue weighted by molar-refractivity contribution is 6.19. The quantitative estimate of drug-likeness (QED) is 0.138. The van der Waals surface area contributed by atoms with Crippen molar-refractivity contribution in [3.05, 3.63) is 267 Å². The Morgan fingerprint density at radius 1 is 0.235 bits per heavy atom. The summed E-state index contributed by atoms with van der Waals surface area (Å²) in [4.78, 5) is 2.40. The van der Waals surface area contributed by atoms with Gasteiger partial charge in [-0.15, -0.1) is 0 Å². The molecule has 1 heterocycles. The van der Waals surface area contributed by atoms with Crippen LogP contribution in [0.1, 0.15) is 0 Å². The van der Waals surface area contributed by atoms with Crippen LogP contribution in [0.15, 0.2) is 267 Å². The molecule has 0 amide bonds. The van der Waals surface area contributed by atoms with Gasteiger partial charge in [-0.05, 0) is 138 Å². The van der Waals surface area contributed by atoms with Crippen molar-refractivity contribution < 1.29 is 0 Å². The van der Waals surface area contributed by atoms with E-state index in [2.05, 4.69) is 276 Å². The van der Waals surface area contributed by atoms with E-state index in [9.17, 15) is 0 Å². The van der Waals surface area contributed by atoms with Crippen molar-refractivity contribution >= 4 is 71.2 Å². The third-order valence-electron chi connectivity index (χ3n) is 13.7. The smallest absolute Gasteiger partial charge is 0.0619 e. The van der Waals surface area contributed by atoms with Gasteiger partial charge in [0.25, 0.3) is 0 Å². The molecule has 12 aromatic carbocycles. The first-order chi connectivity index (χ1) is 33.7. The lowest BCUT2D eigenvalue weighted by Crippen LogP contribution is -2.10. The normalized spacial score (nSPS) is 11.5. The van der Waals surface area contributed by atoms with E-state index < -0.39 is 0 Å². The number of benzene rings is 12. The number of hydrogen-bond donors (Lipinski definition) is 0. The lowest BCUT2D eigenvalue weighted by molar-refractivity contribution is 1.19. The van der Waals surface area contributed by atoms with E-state index in [0.29, 0.717) is 0 Å².